The van der Waals surface area contributed by atoms with Crippen molar-refractivity contribution in [2.45, 2.75) is 20.4 Å². The van der Waals surface area contributed by atoms with Gasteiger partial charge < -0.3 is 10.1 Å². The van der Waals surface area contributed by atoms with Crippen LogP contribution < -0.4 is 5.32 Å². The number of rotatable bonds is 5. The molecule has 0 spiro atoms. The number of esters is 1. The first-order chi connectivity index (χ1) is 10.1. The molecule has 110 valence electrons. The molecular formula is C15H17N3O3. The molecule has 0 saturated carbocycles. The van der Waals surface area contributed by atoms with Crippen LogP contribution in [0.4, 0.5) is 5.69 Å². The van der Waals surface area contributed by atoms with Crippen molar-refractivity contribution in [3.05, 3.63) is 47.8 Å². The first kappa shape index (κ1) is 14.8. The van der Waals surface area contributed by atoms with Crippen LogP contribution in [0, 0.1) is 0 Å². The summed E-state index contributed by atoms with van der Waals surface area (Å²) in [5.41, 5.74) is 1.40. The van der Waals surface area contributed by atoms with E-state index in [9.17, 15) is 9.59 Å². The molecular weight excluding hydrogens is 270 g/mol. The fourth-order valence-electron chi connectivity index (χ4n) is 1.76. The largest absolute Gasteiger partial charge is 0.462 e. The summed E-state index contributed by atoms with van der Waals surface area (Å²) in [6, 6.07) is 8.18. The zero-order valence-corrected chi connectivity index (χ0v) is 12.0. The zero-order valence-electron chi connectivity index (χ0n) is 12.0. The van der Waals surface area contributed by atoms with Crippen molar-refractivity contribution in [2.75, 3.05) is 11.9 Å². The molecule has 0 unspecified atom stereocenters. The number of hydrogen-bond donors (Lipinski definition) is 1. The summed E-state index contributed by atoms with van der Waals surface area (Å²) >= 11 is 0. The number of hydrogen-bond acceptors (Lipinski definition) is 4. The maximum absolute atomic E-state index is 12.0. The third-order valence-electron chi connectivity index (χ3n) is 2.85. The van der Waals surface area contributed by atoms with E-state index in [-0.39, 0.29) is 11.9 Å². The quantitative estimate of drug-likeness (QED) is 0.857. The first-order valence-corrected chi connectivity index (χ1v) is 6.76. The van der Waals surface area contributed by atoms with Gasteiger partial charge >= 0.3 is 5.97 Å². The van der Waals surface area contributed by atoms with Gasteiger partial charge in [0.25, 0.3) is 5.91 Å². The monoisotopic (exact) mass is 287 g/mol. The molecule has 0 atom stereocenters. The Morgan fingerprint density at radius 2 is 1.90 bits per heavy atom. The van der Waals surface area contributed by atoms with E-state index in [1.54, 1.807) is 48.1 Å². The smallest absolute Gasteiger partial charge is 0.338 e. The number of nitrogens with zero attached hydrogens (tertiary/aromatic N) is 2. The molecule has 1 amide bonds. The second-order valence-corrected chi connectivity index (χ2v) is 4.31. The highest BCUT2D eigenvalue weighted by Crippen LogP contribution is 2.12. The highest BCUT2D eigenvalue weighted by Gasteiger charge is 2.10. The van der Waals surface area contributed by atoms with Crippen LogP contribution >= 0.6 is 0 Å². The number of amides is 1. The van der Waals surface area contributed by atoms with Gasteiger partial charge in [-0.1, -0.05) is 0 Å². The van der Waals surface area contributed by atoms with Gasteiger partial charge in [0, 0.05) is 18.4 Å². The van der Waals surface area contributed by atoms with Crippen molar-refractivity contribution in [3.63, 3.8) is 0 Å². The Morgan fingerprint density at radius 3 is 2.48 bits per heavy atom. The number of ether oxygens (including phenoxy) is 1. The minimum absolute atomic E-state index is 0.286. The molecule has 6 heteroatoms. The molecule has 0 aliphatic heterocycles. The van der Waals surface area contributed by atoms with Crippen molar-refractivity contribution in [1.29, 1.82) is 0 Å². The number of nitrogens with one attached hydrogen (secondary N) is 1. The van der Waals surface area contributed by atoms with E-state index in [1.807, 2.05) is 6.92 Å². The van der Waals surface area contributed by atoms with Gasteiger partial charge in [0.05, 0.1) is 12.2 Å². The van der Waals surface area contributed by atoms with Gasteiger partial charge in [0.15, 0.2) is 5.69 Å². The van der Waals surface area contributed by atoms with Gasteiger partial charge in [-0.3, -0.25) is 9.48 Å². The number of carbonyl (C=O) groups is 2. The summed E-state index contributed by atoms with van der Waals surface area (Å²) in [7, 11) is 0. The van der Waals surface area contributed by atoms with Gasteiger partial charge in [-0.15, -0.1) is 0 Å². The summed E-state index contributed by atoms with van der Waals surface area (Å²) in [5.74, 6) is -0.664. The summed E-state index contributed by atoms with van der Waals surface area (Å²) < 4.78 is 6.57. The van der Waals surface area contributed by atoms with E-state index < -0.39 is 0 Å². The van der Waals surface area contributed by atoms with Crippen LogP contribution in [0.15, 0.2) is 36.5 Å². The number of aromatic nitrogens is 2. The third-order valence-corrected chi connectivity index (χ3v) is 2.85. The lowest BCUT2D eigenvalue weighted by Gasteiger charge is -2.05. The van der Waals surface area contributed by atoms with Gasteiger partial charge in [-0.05, 0) is 44.2 Å². The van der Waals surface area contributed by atoms with Gasteiger partial charge in [-0.25, -0.2) is 4.79 Å². The number of aryl methyl sites for hydroxylation is 1. The topological polar surface area (TPSA) is 73.2 Å². The van der Waals surface area contributed by atoms with E-state index in [0.717, 1.165) is 0 Å². The minimum Gasteiger partial charge on any atom is -0.462 e. The molecule has 0 radical (unpaired) electrons. The lowest BCUT2D eigenvalue weighted by Crippen LogP contribution is -2.13. The van der Waals surface area contributed by atoms with Crippen LogP contribution in [0.2, 0.25) is 0 Å². The molecule has 0 fully saturated rings. The molecule has 0 aliphatic carbocycles. The summed E-state index contributed by atoms with van der Waals surface area (Å²) in [4.78, 5) is 23.5. The molecule has 2 aromatic rings. The Balaban J connectivity index is 2.02. The van der Waals surface area contributed by atoms with Crippen molar-refractivity contribution in [1.82, 2.24) is 9.78 Å². The molecule has 0 aliphatic rings. The van der Waals surface area contributed by atoms with Crippen LogP contribution in [0.5, 0.6) is 0 Å². The maximum atomic E-state index is 12.0. The Bertz CT molecular complexity index is 632. The fourth-order valence-corrected chi connectivity index (χ4v) is 1.76. The molecule has 21 heavy (non-hydrogen) atoms. The first-order valence-electron chi connectivity index (χ1n) is 6.76. The van der Waals surface area contributed by atoms with Crippen molar-refractivity contribution >= 4 is 17.6 Å². The summed E-state index contributed by atoms with van der Waals surface area (Å²) in [6.45, 7) is 4.74. The maximum Gasteiger partial charge on any atom is 0.338 e. The molecule has 1 aromatic carbocycles. The van der Waals surface area contributed by atoms with Gasteiger partial charge in [-0.2, -0.15) is 5.10 Å². The van der Waals surface area contributed by atoms with E-state index in [0.29, 0.717) is 30.1 Å². The molecule has 6 nitrogen and oxygen atoms in total. The molecule has 2 rings (SSSR count). The number of benzene rings is 1. The average molecular weight is 287 g/mol. The minimum atomic E-state index is -0.378. The Hall–Kier alpha value is -2.63. The van der Waals surface area contributed by atoms with Crippen LogP contribution in [0.3, 0.4) is 0 Å². The third kappa shape index (κ3) is 3.68. The highest BCUT2D eigenvalue weighted by atomic mass is 16.5. The second kappa shape index (κ2) is 6.69. The SMILES string of the molecule is CCOC(=O)c1ccc(NC(=O)c2ccn(CC)n2)cc1. The highest BCUT2D eigenvalue weighted by molar-refractivity contribution is 6.03. The molecule has 0 bridgehead atoms. The molecule has 1 N–H and O–H groups in total. The van der Waals surface area contributed by atoms with E-state index in [4.69, 9.17) is 4.74 Å². The summed E-state index contributed by atoms with van der Waals surface area (Å²) in [6.07, 6.45) is 1.75. The van der Waals surface area contributed by atoms with E-state index in [1.165, 1.54) is 0 Å². The van der Waals surface area contributed by atoms with Crippen molar-refractivity contribution < 1.29 is 14.3 Å². The lowest BCUT2D eigenvalue weighted by atomic mass is 10.2. The number of anilines is 1. The Labute approximate surface area is 122 Å². The lowest BCUT2D eigenvalue weighted by molar-refractivity contribution is 0.0526. The molecule has 1 aromatic heterocycles. The van der Waals surface area contributed by atoms with Crippen LogP contribution in [-0.2, 0) is 11.3 Å². The summed E-state index contributed by atoms with van der Waals surface area (Å²) in [5, 5.41) is 6.85. The van der Waals surface area contributed by atoms with Crippen LogP contribution in [0.25, 0.3) is 0 Å². The fraction of sp³-hybridized carbons (Fsp3) is 0.267. The molecule has 0 saturated heterocycles. The molecule has 1 heterocycles. The standard InChI is InChI=1S/C15H17N3O3/c1-3-18-10-9-13(17-18)14(19)16-12-7-5-11(6-8-12)15(20)21-4-2/h5-10H,3-4H2,1-2H3,(H,16,19). The normalized spacial score (nSPS) is 10.2. The second-order valence-electron chi connectivity index (χ2n) is 4.31. The predicted octanol–water partition coefficient (Wildman–Crippen LogP) is 2.33. The van der Waals surface area contributed by atoms with Crippen LogP contribution in [0.1, 0.15) is 34.7 Å². The van der Waals surface area contributed by atoms with Gasteiger partial charge in [0.1, 0.15) is 0 Å². The van der Waals surface area contributed by atoms with E-state index in [2.05, 4.69) is 10.4 Å². The van der Waals surface area contributed by atoms with Crippen molar-refractivity contribution in [3.8, 4) is 0 Å². The average Bonchev–Trinajstić information content (AvgIpc) is 2.97. The predicted molar refractivity (Wildman–Crippen MR) is 78.3 cm³/mol. The zero-order chi connectivity index (χ0) is 15.2. The van der Waals surface area contributed by atoms with Crippen LogP contribution in [-0.4, -0.2) is 28.3 Å². The van der Waals surface area contributed by atoms with Crippen molar-refractivity contribution in [2.24, 2.45) is 0 Å². The van der Waals surface area contributed by atoms with Gasteiger partial charge in [0.2, 0.25) is 0 Å². The Kier molecular flexibility index (Phi) is 4.71. The van der Waals surface area contributed by atoms with E-state index >= 15 is 0 Å². The number of carbonyl (C=O) groups excluding carboxylic acids is 2. The Morgan fingerprint density at radius 1 is 1.19 bits per heavy atom.